The Labute approximate surface area is 172 Å². The third-order valence-electron chi connectivity index (χ3n) is 5.91. The van der Waals surface area contributed by atoms with Crippen LogP contribution in [0.3, 0.4) is 0 Å². The van der Waals surface area contributed by atoms with E-state index < -0.39 is 0 Å². The van der Waals surface area contributed by atoms with Gasteiger partial charge < -0.3 is 23.7 Å². The van der Waals surface area contributed by atoms with Crippen molar-refractivity contribution in [2.45, 2.75) is 64.9 Å². The van der Waals surface area contributed by atoms with Crippen molar-refractivity contribution in [1.82, 2.24) is 9.80 Å². The SMILES string of the molecule is CC1CN(C(=O)c2cc3cc(OC4CCN(C(C)C)CC4)ccc3o2)CC(C)O1. The number of hydrogen-bond acceptors (Lipinski definition) is 5. The van der Waals surface area contributed by atoms with Gasteiger partial charge in [0, 0.05) is 37.6 Å². The van der Waals surface area contributed by atoms with Crippen LogP contribution in [0.15, 0.2) is 28.7 Å². The van der Waals surface area contributed by atoms with Crippen LogP contribution in [0.2, 0.25) is 0 Å². The Balaban J connectivity index is 1.43. The molecule has 4 rings (SSSR count). The first-order valence-electron chi connectivity index (χ1n) is 10.8. The van der Waals surface area contributed by atoms with Crippen LogP contribution in [0.4, 0.5) is 0 Å². The van der Waals surface area contributed by atoms with E-state index in [1.807, 2.05) is 43.0 Å². The highest BCUT2D eigenvalue weighted by Gasteiger charge is 2.28. The summed E-state index contributed by atoms with van der Waals surface area (Å²) < 4.78 is 17.8. The Hall–Kier alpha value is -2.05. The van der Waals surface area contributed by atoms with Crippen molar-refractivity contribution in [3.05, 3.63) is 30.0 Å². The summed E-state index contributed by atoms with van der Waals surface area (Å²) in [6.45, 7) is 11.8. The molecule has 6 heteroatoms. The highest BCUT2D eigenvalue weighted by Crippen LogP contribution is 2.28. The predicted molar refractivity (Wildman–Crippen MR) is 112 cm³/mol. The molecular weight excluding hydrogens is 368 g/mol. The van der Waals surface area contributed by atoms with E-state index in [0.717, 1.165) is 37.1 Å². The fourth-order valence-electron chi connectivity index (χ4n) is 4.40. The van der Waals surface area contributed by atoms with Gasteiger partial charge in [-0.25, -0.2) is 0 Å². The molecule has 1 aromatic heterocycles. The molecule has 2 saturated heterocycles. The summed E-state index contributed by atoms with van der Waals surface area (Å²) in [6.07, 6.45) is 2.40. The van der Waals surface area contributed by atoms with Crippen LogP contribution in [0.5, 0.6) is 5.75 Å². The van der Waals surface area contributed by atoms with E-state index in [2.05, 4.69) is 18.7 Å². The van der Waals surface area contributed by atoms with Crippen LogP contribution in [0.1, 0.15) is 51.1 Å². The van der Waals surface area contributed by atoms with Gasteiger partial charge in [-0.2, -0.15) is 0 Å². The summed E-state index contributed by atoms with van der Waals surface area (Å²) >= 11 is 0. The second-order valence-corrected chi connectivity index (χ2v) is 8.72. The van der Waals surface area contributed by atoms with Crippen LogP contribution in [-0.4, -0.2) is 66.2 Å². The zero-order valence-corrected chi connectivity index (χ0v) is 17.9. The number of carbonyl (C=O) groups is 1. The van der Waals surface area contributed by atoms with Crippen LogP contribution >= 0.6 is 0 Å². The van der Waals surface area contributed by atoms with Gasteiger partial charge >= 0.3 is 0 Å². The minimum atomic E-state index is -0.0771. The molecule has 2 fully saturated rings. The lowest BCUT2D eigenvalue weighted by atomic mass is 10.1. The lowest BCUT2D eigenvalue weighted by molar-refractivity contribution is -0.0591. The van der Waals surface area contributed by atoms with Crippen LogP contribution in [0, 0.1) is 0 Å². The van der Waals surface area contributed by atoms with Gasteiger partial charge in [-0.15, -0.1) is 0 Å². The van der Waals surface area contributed by atoms with Gasteiger partial charge in [0.1, 0.15) is 17.4 Å². The number of fused-ring (bicyclic) bond motifs is 1. The molecule has 2 unspecified atom stereocenters. The van der Waals surface area contributed by atoms with Crippen LogP contribution in [-0.2, 0) is 4.74 Å². The lowest BCUT2D eigenvalue weighted by Gasteiger charge is -2.34. The Kier molecular flexibility index (Phi) is 5.83. The normalized spacial score (nSPS) is 24.4. The largest absolute Gasteiger partial charge is 0.490 e. The predicted octanol–water partition coefficient (Wildman–Crippen LogP) is 3.93. The molecule has 29 heavy (non-hydrogen) atoms. The number of morpholine rings is 1. The van der Waals surface area contributed by atoms with E-state index in [0.29, 0.717) is 30.5 Å². The molecule has 2 aromatic rings. The number of carbonyl (C=O) groups excluding carboxylic acids is 1. The smallest absolute Gasteiger partial charge is 0.289 e. The van der Waals surface area contributed by atoms with Gasteiger partial charge in [0.2, 0.25) is 0 Å². The molecule has 1 amide bonds. The average molecular weight is 401 g/mol. The number of amides is 1. The molecule has 0 saturated carbocycles. The topological polar surface area (TPSA) is 55.2 Å². The molecule has 2 aliphatic heterocycles. The highest BCUT2D eigenvalue weighted by atomic mass is 16.5. The van der Waals surface area contributed by atoms with Crippen molar-refractivity contribution in [3.8, 4) is 5.75 Å². The minimum absolute atomic E-state index is 0.0363. The Morgan fingerprint density at radius 1 is 1.10 bits per heavy atom. The van der Waals surface area contributed by atoms with Crippen molar-refractivity contribution < 1.29 is 18.7 Å². The van der Waals surface area contributed by atoms with E-state index in [1.165, 1.54) is 0 Å². The van der Waals surface area contributed by atoms with E-state index >= 15 is 0 Å². The average Bonchev–Trinajstić information content (AvgIpc) is 3.10. The molecular formula is C23H32N2O4. The van der Waals surface area contributed by atoms with Crippen molar-refractivity contribution >= 4 is 16.9 Å². The number of hydrogen-bond donors (Lipinski definition) is 0. The van der Waals surface area contributed by atoms with Crippen LogP contribution < -0.4 is 4.74 Å². The molecule has 0 spiro atoms. The van der Waals surface area contributed by atoms with E-state index in [1.54, 1.807) is 0 Å². The maximum absolute atomic E-state index is 12.9. The second kappa shape index (κ2) is 8.36. The number of likely N-dealkylation sites (tertiary alicyclic amines) is 1. The lowest BCUT2D eigenvalue weighted by Crippen LogP contribution is -2.48. The number of piperidine rings is 1. The monoisotopic (exact) mass is 400 g/mol. The summed E-state index contributed by atoms with van der Waals surface area (Å²) in [5.74, 6) is 1.14. The molecule has 3 heterocycles. The summed E-state index contributed by atoms with van der Waals surface area (Å²) in [7, 11) is 0. The Morgan fingerprint density at radius 3 is 2.45 bits per heavy atom. The highest BCUT2D eigenvalue weighted by molar-refractivity contribution is 5.96. The summed E-state index contributed by atoms with van der Waals surface area (Å²) in [5, 5.41) is 0.903. The van der Waals surface area contributed by atoms with Crippen LogP contribution in [0.25, 0.3) is 11.0 Å². The first-order chi connectivity index (χ1) is 13.9. The number of furan rings is 1. The zero-order chi connectivity index (χ0) is 20.5. The summed E-state index contributed by atoms with van der Waals surface area (Å²) in [4.78, 5) is 17.2. The molecule has 1 aromatic carbocycles. The first-order valence-corrected chi connectivity index (χ1v) is 10.8. The van der Waals surface area contributed by atoms with Crippen molar-refractivity contribution in [2.75, 3.05) is 26.2 Å². The molecule has 0 radical (unpaired) electrons. The maximum atomic E-state index is 12.9. The number of ether oxygens (including phenoxy) is 2. The molecule has 0 aliphatic carbocycles. The van der Waals surface area contributed by atoms with E-state index in [4.69, 9.17) is 13.9 Å². The molecule has 0 N–H and O–H groups in total. The second-order valence-electron chi connectivity index (χ2n) is 8.72. The Bertz CT molecular complexity index is 844. The van der Waals surface area contributed by atoms with Gasteiger partial charge in [0.25, 0.3) is 5.91 Å². The van der Waals surface area contributed by atoms with Crippen molar-refractivity contribution in [2.24, 2.45) is 0 Å². The minimum Gasteiger partial charge on any atom is -0.490 e. The van der Waals surface area contributed by atoms with Gasteiger partial charge in [-0.3, -0.25) is 4.79 Å². The van der Waals surface area contributed by atoms with Crippen molar-refractivity contribution in [1.29, 1.82) is 0 Å². The molecule has 6 nitrogen and oxygen atoms in total. The first kappa shape index (κ1) is 20.2. The van der Waals surface area contributed by atoms with E-state index in [-0.39, 0.29) is 24.2 Å². The standard InChI is InChI=1S/C23H32N2O4/c1-15(2)24-9-7-19(8-10-24)28-20-5-6-21-18(11-20)12-22(29-21)23(26)25-13-16(3)27-17(4)14-25/h5-6,11-12,15-17,19H,7-10,13-14H2,1-4H3. The van der Waals surface area contributed by atoms with Gasteiger partial charge in [0.15, 0.2) is 5.76 Å². The fraction of sp³-hybridized carbons (Fsp3) is 0.609. The quantitative estimate of drug-likeness (QED) is 0.778. The van der Waals surface area contributed by atoms with Crippen molar-refractivity contribution in [3.63, 3.8) is 0 Å². The molecule has 158 valence electrons. The number of nitrogens with zero attached hydrogens (tertiary/aromatic N) is 2. The maximum Gasteiger partial charge on any atom is 0.289 e. The van der Waals surface area contributed by atoms with Gasteiger partial charge in [-0.1, -0.05) is 0 Å². The molecule has 2 aliphatic rings. The number of rotatable bonds is 4. The van der Waals surface area contributed by atoms with Gasteiger partial charge in [-0.05, 0) is 64.8 Å². The molecule has 0 bridgehead atoms. The van der Waals surface area contributed by atoms with E-state index in [9.17, 15) is 4.79 Å². The third kappa shape index (κ3) is 4.59. The summed E-state index contributed by atoms with van der Waals surface area (Å²) in [6, 6.07) is 8.24. The van der Waals surface area contributed by atoms with Gasteiger partial charge in [0.05, 0.1) is 12.2 Å². The number of benzene rings is 1. The Morgan fingerprint density at radius 2 is 1.79 bits per heavy atom. The fourth-order valence-corrected chi connectivity index (χ4v) is 4.40. The third-order valence-corrected chi connectivity index (χ3v) is 5.91. The molecule has 2 atom stereocenters. The summed E-state index contributed by atoms with van der Waals surface area (Å²) in [5.41, 5.74) is 0.713. The zero-order valence-electron chi connectivity index (χ0n) is 17.9.